The number of carbonyl (C=O) groups excluding carboxylic acids is 1. The zero-order valence-corrected chi connectivity index (χ0v) is 18.3. The number of para-hydroxylation sites is 1. The molecule has 0 unspecified atom stereocenters. The van der Waals surface area contributed by atoms with Crippen molar-refractivity contribution in [1.82, 2.24) is 0 Å². The second kappa shape index (κ2) is 8.13. The molecule has 2 rings (SSSR count). The molecule has 2 N–H and O–H groups in total. The number of phenols is 1. The van der Waals surface area contributed by atoms with Crippen molar-refractivity contribution in [2.75, 3.05) is 5.32 Å². The average Bonchev–Trinajstić information content (AvgIpc) is 2.60. The van der Waals surface area contributed by atoms with E-state index < -0.39 is 5.91 Å². The fraction of sp³-hybridized carbons (Fsp3) is 0.360. The van der Waals surface area contributed by atoms with Gasteiger partial charge in [0, 0.05) is 16.8 Å². The summed E-state index contributed by atoms with van der Waals surface area (Å²) in [6, 6.07) is 13.1. The maximum atomic E-state index is 12.7. The summed E-state index contributed by atoms with van der Waals surface area (Å²) in [5, 5.41) is 23.2. The number of hydrogen-bond donors (Lipinski definition) is 2. The minimum Gasteiger partial charge on any atom is -0.507 e. The highest BCUT2D eigenvalue weighted by atomic mass is 16.3. The van der Waals surface area contributed by atoms with Gasteiger partial charge in [-0.3, -0.25) is 4.79 Å². The molecular formula is C25H30N2O2. The van der Waals surface area contributed by atoms with E-state index in [1.54, 1.807) is 12.1 Å². The minimum atomic E-state index is -0.454. The zero-order valence-electron chi connectivity index (χ0n) is 18.3. The first-order valence-electron chi connectivity index (χ1n) is 9.71. The maximum absolute atomic E-state index is 12.7. The summed E-state index contributed by atoms with van der Waals surface area (Å²) in [6.45, 7) is 14.1. The van der Waals surface area contributed by atoms with Crippen molar-refractivity contribution in [1.29, 1.82) is 5.26 Å². The first-order valence-corrected chi connectivity index (χ1v) is 9.71. The molecule has 0 atom stereocenters. The van der Waals surface area contributed by atoms with E-state index >= 15 is 0 Å². The van der Waals surface area contributed by atoms with Crippen LogP contribution in [0.4, 0.5) is 5.69 Å². The highest BCUT2D eigenvalue weighted by molar-refractivity contribution is 6.10. The van der Waals surface area contributed by atoms with E-state index in [0.29, 0.717) is 11.3 Å². The number of benzene rings is 2. The average molecular weight is 391 g/mol. The van der Waals surface area contributed by atoms with Crippen molar-refractivity contribution >= 4 is 17.7 Å². The molecule has 0 saturated carbocycles. The van der Waals surface area contributed by atoms with Gasteiger partial charge in [0.25, 0.3) is 5.91 Å². The first-order chi connectivity index (χ1) is 13.3. The molecule has 1 amide bonds. The van der Waals surface area contributed by atoms with Crippen molar-refractivity contribution in [3.63, 3.8) is 0 Å². The predicted octanol–water partition coefficient (Wildman–Crippen LogP) is 5.84. The van der Waals surface area contributed by atoms with E-state index in [1.807, 2.05) is 84.9 Å². The molecule has 4 heteroatoms. The predicted molar refractivity (Wildman–Crippen MR) is 119 cm³/mol. The van der Waals surface area contributed by atoms with E-state index in [9.17, 15) is 15.2 Å². The highest BCUT2D eigenvalue weighted by Gasteiger charge is 2.26. The van der Waals surface area contributed by atoms with Crippen molar-refractivity contribution < 1.29 is 9.90 Å². The van der Waals surface area contributed by atoms with Crippen LogP contribution in [0.5, 0.6) is 5.75 Å². The number of phenolic OH excluding ortho intramolecular Hbond substituents is 1. The number of hydrogen-bond acceptors (Lipinski definition) is 3. The van der Waals surface area contributed by atoms with Gasteiger partial charge in [-0.15, -0.1) is 0 Å². The van der Waals surface area contributed by atoms with Crippen LogP contribution in [-0.2, 0) is 15.6 Å². The third kappa shape index (κ3) is 5.26. The van der Waals surface area contributed by atoms with E-state index in [0.717, 1.165) is 16.7 Å². The Morgan fingerprint density at radius 2 is 1.55 bits per heavy atom. The van der Waals surface area contributed by atoms with Gasteiger partial charge in [0.05, 0.1) is 0 Å². The third-order valence-electron chi connectivity index (χ3n) is 4.82. The van der Waals surface area contributed by atoms with Gasteiger partial charge in [-0.05, 0) is 53.2 Å². The van der Waals surface area contributed by atoms with Crippen LogP contribution in [0.2, 0.25) is 0 Å². The van der Waals surface area contributed by atoms with E-state index in [1.165, 1.54) is 0 Å². The van der Waals surface area contributed by atoms with Crippen molar-refractivity contribution in [3.05, 3.63) is 64.2 Å². The normalized spacial score (nSPS) is 12.4. The molecule has 2 aromatic rings. The van der Waals surface area contributed by atoms with Gasteiger partial charge in [0.15, 0.2) is 0 Å². The van der Waals surface area contributed by atoms with Crippen LogP contribution >= 0.6 is 0 Å². The van der Waals surface area contributed by atoms with E-state index in [-0.39, 0.29) is 22.2 Å². The quantitative estimate of drug-likeness (QED) is 0.511. The highest BCUT2D eigenvalue weighted by Crippen LogP contribution is 2.40. The molecule has 152 valence electrons. The Kier molecular flexibility index (Phi) is 6.23. The van der Waals surface area contributed by atoms with Gasteiger partial charge in [-0.25, -0.2) is 0 Å². The Morgan fingerprint density at radius 1 is 1.03 bits per heavy atom. The summed E-state index contributed by atoms with van der Waals surface area (Å²) in [5.41, 5.74) is 3.32. The summed E-state index contributed by atoms with van der Waals surface area (Å²) in [7, 11) is 0. The second-order valence-electron chi connectivity index (χ2n) is 9.40. The zero-order chi connectivity index (χ0) is 22.0. The molecule has 0 aromatic heterocycles. The van der Waals surface area contributed by atoms with Crippen LogP contribution in [0.15, 0.2) is 42.0 Å². The van der Waals surface area contributed by atoms with Gasteiger partial charge < -0.3 is 10.4 Å². The summed E-state index contributed by atoms with van der Waals surface area (Å²) in [4.78, 5) is 12.7. The number of amides is 1. The van der Waals surface area contributed by atoms with Gasteiger partial charge in [0.1, 0.15) is 17.4 Å². The van der Waals surface area contributed by atoms with Gasteiger partial charge in [0.2, 0.25) is 0 Å². The third-order valence-corrected chi connectivity index (χ3v) is 4.82. The van der Waals surface area contributed by atoms with Crippen molar-refractivity contribution in [2.45, 2.75) is 59.3 Å². The Labute approximate surface area is 173 Å². The molecule has 0 saturated heterocycles. The molecule has 0 aliphatic carbocycles. The summed E-state index contributed by atoms with van der Waals surface area (Å²) < 4.78 is 0. The summed E-state index contributed by atoms with van der Waals surface area (Å²) in [6.07, 6.45) is 1.58. The monoisotopic (exact) mass is 390 g/mol. The van der Waals surface area contributed by atoms with Gasteiger partial charge in [-0.1, -0.05) is 59.7 Å². The van der Waals surface area contributed by atoms with Crippen LogP contribution in [0, 0.1) is 18.3 Å². The molecule has 0 bridgehead atoms. The minimum absolute atomic E-state index is 0.0126. The van der Waals surface area contributed by atoms with Gasteiger partial charge >= 0.3 is 0 Å². The number of carbonyl (C=O) groups is 1. The molecule has 0 radical (unpaired) electrons. The van der Waals surface area contributed by atoms with Crippen LogP contribution in [0.3, 0.4) is 0 Å². The van der Waals surface area contributed by atoms with E-state index in [2.05, 4.69) is 5.32 Å². The van der Waals surface area contributed by atoms with Crippen molar-refractivity contribution in [3.8, 4) is 11.8 Å². The lowest BCUT2D eigenvalue weighted by molar-refractivity contribution is -0.112. The molecule has 0 aliphatic heterocycles. The smallest absolute Gasteiger partial charge is 0.266 e. The molecular weight excluding hydrogens is 360 g/mol. The number of nitriles is 1. The van der Waals surface area contributed by atoms with Gasteiger partial charge in [-0.2, -0.15) is 5.26 Å². The molecule has 0 fully saturated rings. The fourth-order valence-corrected chi connectivity index (χ4v) is 3.10. The molecule has 0 spiro atoms. The topological polar surface area (TPSA) is 73.1 Å². The Morgan fingerprint density at radius 3 is 2.00 bits per heavy atom. The molecule has 0 aliphatic rings. The first kappa shape index (κ1) is 22.2. The number of nitrogens with one attached hydrogen (secondary N) is 1. The summed E-state index contributed by atoms with van der Waals surface area (Å²) in [5.74, 6) is -0.186. The molecule has 29 heavy (non-hydrogen) atoms. The Balaban J connectivity index is 2.54. The fourth-order valence-electron chi connectivity index (χ4n) is 3.10. The van der Waals surface area contributed by atoms with Crippen LogP contribution in [0.1, 0.15) is 63.8 Å². The number of rotatable bonds is 3. The maximum Gasteiger partial charge on any atom is 0.266 e. The molecule has 0 heterocycles. The largest absolute Gasteiger partial charge is 0.507 e. The van der Waals surface area contributed by atoms with Crippen LogP contribution < -0.4 is 5.32 Å². The standard InChI is InChI=1S/C25H30N2O2/c1-16-10-8-9-11-21(16)27-23(29)18(15-26)12-17-13-19(24(2,3)4)22(28)20(14-17)25(5,6)7/h8-14,28H,1-7H3,(H,27,29)/b18-12+. The Bertz CT molecular complexity index is 962. The number of aryl methyl sites for hydroxylation is 1. The van der Waals surface area contributed by atoms with Crippen LogP contribution in [-0.4, -0.2) is 11.0 Å². The number of nitrogens with zero attached hydrogens (tertiary/aromatic N) is 1. The number of aromatic hydroxyl groups is 1. The van der Waals surface area contributed by atoms with E-state index in [4.69, 9.17) is 0 Å². The lowest BCUT2D eigenvalue weighted by Crippen LogP contribution is -2.18. The number of anilines is 1. The summed E-state index contributed by atoms with van der Waals surface area (Å²) >= 11 is 0. The Hall–Kier alpha value is -3.06. The van der Waals surface area contributed by atoms with Crippen LogP contribution in [0.25, 0.3) is 6.08 Å². The SMILES string of the molecule is Cc1ccccc1NC(=O)/C(C#N)=C/c1cc(C(C)(C)C)c(O)c(C(C)(C)C)c1. The van der Waals surface area contributed by atoms with Crippen molar-refractivity contribution in [2.24, 2.45) is 0 Å². The lowest BCUT2D eigenvalue weighted by atomic mass is 9.78. The molecule has 2 aromatic carbocycles. The second-order valence-corrected chi connectivity index (χ2v) is 9.40. The molecule has 4 nitrogen and oxygen atoms in total. The lowest BCUT2D eigenvalue weighted by Gasteiger charge is -2.28.